The van der Waals surface area contributed by atoms with Gasteiger partial charge in [-0.15, -0.1) is 0 Å². The van der Waals surface area contributed by atoms with Crippen LogP contribution in [0.4, 0.5) is 0 Å². The van der Waals surface area contributed by atoms with E-state index in [4.69, 9.17) is 0 Å². The lowest BCUT2D eigenvalue weighted by Crippen LogP contribution is -2.53. The van der Waals surface area contributed by atoms with Gasteiger partial charge < -0.3 is 10.2 Å². The molecule has 3 atom stereocenters. The fourth-order valence-electron chi connectivity index (χ4n) is 3.12. The van der Waals surface area contributed by atoms with E-state index in [0.29, 0.717) is 12.1 Å². The van der Waals surface area contributed by atoms with Crippen molar-refractivity contribution < 1.29 is 0 Å². The van der Waals surface area contributed by atoms with Crippen molar-refractivity contribution in [2.24, 2.45) is 0 Å². The van der Waals surface area contributed by atoms with Gasteiger partial charge in [-0.1, -0.05) is 0 Å². The molecule has 1 heterocycles. The zero-order chi connectivity index (χ0) is 12.5. The molecule has 0 bridgehead atoms. The minimum absolute atomic E-state index is 0.267. The molecule has 1 N–H and O–H groups in total. The standard InChI is InChI=1S/C13H24N4/c1-11-9-17(7-6-16(11)3)12-4-5-13(8-12,10-14)15-2/h11-12,15H,4-9H2,1-3H3. The molecule has 0 radical (unpaired) electrons. The number of nitriles is 1. The highest BCUT2D eigenvalue weighted by atomic mass is 15.3. The molecule has 2 fully saturated rings. The van der Waals surface area contributed by atoms with Crippen molar-refractivity contribution in [1.29, 1.82) is 5.26 Å². The van der Waals surface area contributed by atoms with Gasteiger partial charge in [-0.25, -0.2) is 0 Å². The lowest BCUT2D eigenvalue weighted by atomic mass is 9.99. The summed E-state index contributed by atoms with van der Waals surface area (Å²) in [6, 6.07) is 3.70. The van der Waals surface area contributed by atoms with Crippen molar-refractivity contribution in [3.63, 3.8) is 0 Å². The summed E-state index contributed by atoms with van der Waals surface area (Å²) in [6.45, 7) is 5.73. The van der Waals surface area contributed by atoms with Crippen LogP contribution >= 0.6 is 0 Å². The van der Waals surface area contributed by atoms with Crippen LogP contribution in [0.5, 0.6) is 0 Å². The lowest BCUT2D eigenvalue weighted by molar-refractivity contribution is 0.0721. The quantitative estimate of drug-likeness (QED) is 0.765. The van der Waals surface area contributed by atoms with Crippen LogP contribution in [0.1, 0.15) is 26.2 Å². The monoisotopic (exact) mass is 236 g/mol. The van der Waals surface area contributed by atoms with Crippen molar-refractivity contribution in [2.75, 3.05) is 33.7 Å². The molecule has 1 saturated carbocycles. The van der Waals surface area contributed by atoms with E-state index < -0.39 is 0 Å². The second kappa shape index (κ2) is 4.93. The summed E-state index contributed by atoms with van der Waals surface area (Å²) in [5.74, 6) is 0. The van der Waals surface area contributed by atoms with E-state index >= 15 is 0 Å². The van der Waals surface area contributed by atoms with E-state index in [9.17, 15) is 5.26 Å². The zero-order valence-electron chi connectivity index (χ0n) is 11.2. The Labute approximate surface area is 105 Å². The lowest BCUT2D eigenvalue weighted by Gasteiger charge is -2.41. The molecule has 0 aromatic carbocycles. The molecule has 0 aromatic rings. The number of likely N-dealkylation sites (N-methyl/N-ethyl adjacent to an activating group) is 1. The number of rotatable bonds is 2. The van der Waals surface area contributed by atoms with Crippen molar-refractivity contribution >= 4 is 0 Å². The maximum atomic E-state index is 9.29. The Bertz CT molecular complexity index is 311. The summed E-state index contributed by atoms with van der Waals surface area (Å²) in [6.07, 6.45) is 3.13. The maximum Gasteiger partial charge on any atom is 0.108 e. The Balaban J connectivity index is 1.95. The van der Waals surface area contributed by atoms with Crippen molar-refractivity contribution in [1.82, 2.24) is 15.1 Å². The average Bonchev–Trinajstić information content (AvgIpc) is 2.78. The first-order valence-corrected chi connectivity index (χ1v) is 6.65. The number of nitrogens with zero attached hydrogens (tertiary/aromatic N) is 3. The van der Waals surface area contributed by atoms with Gasteiger partial charge in [0.25, 0.3) is 0 Å². The summed E-state index contributed by atoms with van der Waals surface area (Å²) in [5.41, 5.74) is -0.267. The zero-order valence-corrected chi connectivity index (χ0v) is 11.2. The molecule has 0 aromatic heterocycles. The Hall–Kier alpha value is -0.630. The molecule has 2 aliphatic rings. The van der Waals surface area contributed by atoms with E-state index in [1.165, 1.54) is 0 Å². The van der Waals surface area contributed by atoms with Gasteiger partial charge in [0, 0.05) is 31.7 Å². The summed E-state index contributed by atoms with van der Waals surface area (Å²) < 4.78 is 0. The number of piperazine rings is 1. The molecule has 1 aliphatic heterocycles. The van der Waals surface area contributed by atoms with Gasteiger partial charge >= 0.3 is 0 Å². The second-order valence-corrected chi connectivity index (χ2v) is 5.67. The minimum atomic E-state index is -0.267. The second-order valence-electron chi connectivity index (χ2n) is 5.67. The molecule has 96 valence electrons. The number of hydrogen-bond donors (Lipinski definition) is 1. The Morgan fingerprint density at radius 2 is 2.18 bits per heavy atom. The van der Waals surface area contributed by atoms with Gasteiger partial charge in [0.2, 0.25) is 0 Å². The van der Waals surface area contributed by atoms with Crippen LogP contribution in [0.15, 0.2) is 0 Å². The first-order valence-electron chi connectivity index (χ1n) is 6.65. The predicted octanol–water partition coefficient (Wildman–Crippen LogP) is 0.657. The molecular weight excluding hydrogens is 212 g/mol. The molecule has 0 spiro atoms. The molecule has 4 nitrogen and oxygen atoms in total. The third-order valence-electron chi connectivity index (χ3n) is 4.69. The summed E-state index contributed by atoms with van der Waals surface area (Å²) in [5, 5.41) is 12.5. The van der Waals surface area contributed by atoms with E-state index in [-0.39, 0.29) is 5.54 Å². The largest absolute Gasteiger partial charge is 0.302 e. The fraction of sp³-hybridized carbons (Fsp3) is 0.923. The van der Waals surface area contributed by atoms with Crippen LogP contribution in [0.3, 0.4) is 0 Å². The third-order valence-corrected chi connectivity index (χ3v) is 4.69. The fourth-order valence-corrected chi connectivity index (χ4v) is 3.12. The summed E-state index contributed by atoms with van der Waals surface area (Å²) in [4.78, 5) is 5.00. The van der Waals surface area contributed by atoms with Gasteiger partial charge in [0.05, 0.1) is 6.07 Å². The SMILES string of the molecule is CNC1(C#N)CCC(N2CCN(C)C(C)C2)C1. The Morgan fingerprint density at radius 1 is 1.41 bits per heavy atom. The van der Waals surface area contributed by atoms with E-state index in [1.807, 2.05) is 7.05 Å². The van der Waals surface area contributed by atoms with Crippen LogP contribution in [0.2, 0.25) is 0 Å². The van der Waals surface area contributed by atoms with Crippen LogP contribution in [0.25, 0.3) is 0 Å². The highest BCUT2D eigenvalue weighted by molar-refractivity contribution is 5.13. The highest BCUT2D eigenvalue weighted by Crippen LogP contribution is 2.33. The van der Waals surface area contributed by atoms with Gasteiger partial charge in [-0.2, -0.15) is 5.26 Å². The normalized spacial score (nSPS) is 40.4. The van der Waals surface area contributed by atoms with Crippen molar-refractivity contribution in [3.8, 4) is 6.07 Å². The molecule has 4 heteroatoms. The molecule has 3 unspecified atom stereocenters. The van der Waals surface area contributed by atoms with E-state index in [0.717, 1.165) is 38.9 Å². The van der Waals surface area contributed by atoms with Crippen LogP contribution < -0.4 is 5.32 Å². The highest BCUT2D eigenvalue weighted by Gasteiger charge is 2.41. The summed E-state index contributed by atoms with van der Waals surface area (Å²) in [7, 11) is 4.11. The van der Waals surface area contributed by atoms with Crippen molar-refractivity contribution in [2.45, 2.75) is 43.8 Å². The Morgan fingerprint density at radius 3 is 2.71 bits per heavy atom. The Kier molecular flexibility index (Phi) is 3.72. The predicted molar refractivity (Wildman–Crippen MR) is 68.7 cm³/mol. The maximum absolute atomic E-state index is 9.29. The third kappa shape index (κ3) is 2.47. The number of nitrogens with one attached hydrogen (secondary N) is 1. The van der Waals surface area contributed by atoms with Crippen LogP contribution in [-0.4, -0.2) is 61.2 Å². The van der Waals surface area contributed by atoms with E-state index in [2.05, 4.69) is 35.2 Å². The van der Waals surface area contributed by atoms with Gasteiger partial charge in [0.1, 0.15) is 5.54 Å². The number of hydrogen-bond acceptors (Lipinski definition) is 4. The molecule has 17 heavy (non-hydrogen) atoms. The average molecular weight is 236 g/mol. The minimum Gasteiger partial charge on any atom is -0.302 e. The smallest absolute Gasteiger partial charge is 0.108 e. The molecule has 1 aliphatic carbocycles. The van der Waals surface area contributed by atoms with Gasteiger partial charge in [-0.05, 0) is 40.3 Å². The molecule has 2 rings (SSSR count). The topological polar surface area (TPSA) is 42.3 Å². The van der Waals surface area contributed by atoms with Crippen LogP contribution in [0, 0.1) is 11.3 Å². The first kappa shape index (κ1) is 12.8. The molecule has 1 saturated heterocycles. The van der Waals surface area contributed by atoms with E-state index in [1.54, 1.807) is 0 Å². The van der Waals surface area contributed by atoms with Gasteiger partial charge in [-0.3, -0.25) is 4.90 Å². The first-order chi connectivity index (χ1) is 8.10. The van der Waals surface area contributed by atoms with Crippen LogP contribution in [-0.2, 0) is 0 Å². The van der Waals surface area contributed by atoms with Gasteiger partial charge in [0.15, 0.2) is 0 Å². The molecule has 0 amide bonds. The van der Waals surface area contributed by atoms with Crippen molar-refractivity contribution in [3.05, 3.63) is 0 Å². The summed E-state index contributed by atoms with van der Waals surface area (Å²) >= 11 is 0. The molecular formula is C13H24N4.